The first-order chi connectivity index (χ1) is 10.1. The zero-order chi connectivity index (χ0) is 15.1. The second kappa shape index (κ2) is 8.35. The van der Waals surface area contributed by atoms with Crippen LogP contribution in [0.25, 0.3) is 0 Å². The summed E-state index contributed by atoms with van der Waals surface area (Å²) in [6, 6.07) is -0.139. The van der Waals surface area contributed by atoms with E-state index in [2.05, 4.69) is 20.6 Å². The van der Waals surface area contributed by atoms with Crippen LogP contribution in [0.2, 0.25) is 0 Å². The van der Waals surface area contributed by atoms with Crippen LogP contribution in [0.3, 0.4) is 0 Å². The molecule has 0 aliphatic heterocycles. The van der Waals surface area contributed by atoms with Gasteiger partial charge in [0.1, 0.15) is 9.35 Å². The van der Waals surface area contributed by atoms with Crippen LogP contribution in [-0.2, 0) is 6.54 Å². The maximum atomic E-state index is 11.6. The zero-order valence-electron chi connectivity index (χ0n) is 12.0. The number of thiazole rings is 2. The molecule has 2 aromatic heterocycles. The predicted octanol–water partition coefficient (Wildman–Crippen LogP) is 3.20. The van der Waals surface area contributed by atoms with E-state index in [1.807, 2.05) is 19.2 Å². The van der Waals surface area contributed by atoms with E-state index in [9.17, 15) is 4.79 Å². The van der Waals surface area contributed by atoms with Gasteiger partial charge in [0.2, 0.25) is 0 Å². The van der Waals surface area contributed by atoms with Gasteiger partial charge in [-0.25, -0.2) is 14.8 Å². The first-order valence-electron chi connectivity index (χ1n) is 6.62. The fraction of sp³-hybridized carbons (Fsp3) is 0.462. The van der Waals surface area contributed by atoms with Crippen molar-refractivity contribution in [2.24, 2.45) is 0 Å². The van der Waals surface area contributed by atoms with Crippen molar-refractivity contribution in [3.63, 3.8) is 0 Å². The van der Waals surface area contributed by atoms with Crippen LogP contribution in [0.4, 0.5) is 4.79 Å². The number of nitrogens with zero attached hydrogens (tertiary/aromatic N) is 2. The topological polar surface area (TPSA) is 66.9 Å². The van der Waals surface area contributed by atoms with E-state index in [1.54, 1.807) is 40.6 Å². The maximum absolute atomic E-state index is 11.6. The Morgan fingerprint density at radius 2 is 2.24 bits per heavy atom. The van der Waals surface area contributed by atoms with Crippen LogP contribution in [0.1, 0.15) is 22.0 Å². The lowest BCUT2D eigenvalue weighted by Gasteiger charge is -2.05. The number of carbonyl (C=O) groups is 1. The van der Waals surface area contributed by atoms with E-state index < -0.39 is 0 Å². The standard InChI is InChI=1S/C13H18N4OS3/c1-9-10(2)21-11(17-9)8-16-12(18)14-4-3-6-19-13-15-5-7-20-13/h5,7H,3-4,6,8H2,1-2H3,(H2,14,16,18). The lowest BCUT2D eigenvalue weighted by Crippen LogP contribution is -2.35. The quantitative estimate of drug-likeness (QED) is 0.599. The summed E-state index contributed by atoms with van der Waals surface area (Å²) in [4.78, 5) is 21.4. The predicted molar refractivity (Wildman–Crippen MR) is 89.3 cm³/mol. The molecule has 0 fully saturated rings. The lowest BCUT2D eigenvalue weighted by atomic mass is 10.4. The molecule has 0 spiro atoms. The van der Waals surface area contributed by atoms with Crippen LogP contribution in [-0.4, -0.2) is 28.3 Å². The number of urea groups is 1. The molecule has 2 heterocycles. The van der Waals surface area contributed by atoms with E-state index in [4.69, 9.17) is 0 Å². The molecular formula is C13H18N4OS3. The Hall–Kier alpha value is -1.12. The van der Waals surface area contributed by atoms with E-state index >= 15 is 0 Å². The minimum atomic E-state index is -0.139. The molecule has 0 bridgehead atoms. The summed E-state index contributed by atoms with van der Waals surface area (Å²) in [5.74, 6) is 0.957. The molecule has 0 radical (unpaired) electrons. The lowest BCUT2D eigenvalue weighted by molar-refractivity contribution is 0.240. The molecule has 2 rings (SSSR count). The highest BCUT2D eigenvalue weighted by Gasteiger charge is 2.05. The Kier molecular flexibility index (Phi) is 6.47. The monoisotopic (exact) mass is 342 g/mol. The first kappa shape index (κ1) is 16.3. The molecule has 2 N–H and O–H groups in total. The number of aryl methyl sites for hydroxylation is 2. The van der Waals surface area contributed by atoms with Gasteiger partial charge in [-0.2, -0.15) is 0 Å². The summed E-state index contributed by atoms with van der Waals surface area (Å²) in [5, 5.41) is 8.59. The summed E-state index contributed by atoms with van der Waals surface area (Å²) < 4.78 is 1.08. The van der Waals surface area contributed by atoms with Crippen LogP contribution in [0.5, 0.6) is 0 Å². The third-order valence-corrected chi connectivity index (χ3v) is 5.84. The highest BCUT2D eigenvalue weighted by atomic mass is 32.2. The number of amides is 2. The van der Waals surface area contributed by atoms with Crippen molar-refractivity contribution in [3.05, 3.63) is 27.2 Å². The molecule has 0 aliphatic carbocycles. The number of hydrogen-bond acceptors (Lipinski definition) is 6. The maximum Gasteiger partial charge on any atom is 0.315 e. The number of thioether (sulfide) groups is 1. The highest BCUT2D eigenvalue weighted by molar-refractivity contribution is 8.00. The fourth-order valence-electron chi connectivity index (χ4n) is 1.55. The second-order valence-electron chi connectivity index (χ2n) is 4.36. The Labute approximate surface area is 136 Å². The summed E-state index contributed by atoms with van der Waals surface area (Å²) in [6.45, 7) is 5.17. The minimum Gasteiger partial charge on any atom is -0.338 e. The Balaban J connectivity index is 1.55. The Morgan fingerprint density at radius 3 is 2.90 bits per heavy atom. The van der Waals surface area contributed by atoms with Crippen molar-refractivity contribution in [1.29, 1.82) is 0 Å². The van der Waals surface area contributed by atoms with Gasteiger partial charge in [-0.05, 0) is 20.3 Å². The molecule has 0 aliphatic rings. The highest BCUT2D eigenvalue weighted by Crippen LogP contribution is 2.20. The first-order valence-corrected chi connectivity index (χ1v) is 9.30. The molecule has 0 saturated carbocycles. The van der Waals surface area contributed by atoms with E-state index in [1.165, 1.54) is 4.88 Å². The molecule has 0 atom stereocenters. The summed E-state index contributed by atoms with van der Waals surface area (Å²) in [7, 11) is 0. The van der Waals surface area contributed by atoms with E-state index in [0.29, 0.717) is 13.1 Å². The van der Waals surface area contributed by atoms with Gasteiger partial charge in [0.05, 0.1) is 12.2 Å². The number of carbonyl (C=O) groups excluding carboxylic acids is 1. The molecular weight excluding hydrogens is 324 g/mol. The summed E-state index contributed by atoms with van der Waals surface area (Å²) in [5.41, 5.74) is 1.04. The number of hydrogen-bond donors (Lipinski definition) is 2. The summed E-state index contributed by atoms with van der Waals surface area (Å²) >= 11 is 4.99. The van der Waals surface area contributed by atoms with Gasteiger partial charge in [-0.15, -0.1) is 22.7 Å². The molecule has 0 aromatic carbocycles. The van der Waals surface area contributed by atoms with Crippen LogP contribution in [0, 0.1) is 13.8 Å². The van der Waals surface area contributed by atoms with E-state index in [-0.39, 0.29) is 6.03 Å². The Morgan fingerprint density at radius 1 is 1.38 bits per heavy atom. The summed E-state index contributed by atoms with van der Waals surface area (Å²) in [6.07, 6.45) is 2.73. The average Bonchev–Trinajstić information content (AvgIpc) is 3.07. The molecule has 114 valence electrons. The Bertz CT molecular complexity index is 548. The van der Waals surface area contributed by atoms with Gasteiger partial charge in [0.15, 0.2) is 0 Å². The van der Waals surface area contributed by atoms with Crippen molar-refractivity contribution in [1.82, 2.24) is 20.6 Å². The second-order valence-corrected chi connectivity index (χ2v) is 7.88. The molecule has 0 saturated heterocycles. The SMILES string of the molecule is Cc1nc(CNC(=O)NCCCSc2nccs2)sc1C. The smallest absolute Gasteiger partial charge is 0.315 e. The molecule has 2 amide bonds. The molecule has 8 heteroatoms. The van der Waals surface area contributed by atoms with Crippen molar-refractivity contribution in [3.8, 4) is 0 Å². The van der Waals surface area contributed by atoms with Gasteiger partial charge in [-0.1, -0.05) is 11.8 Å². The van der Waals surface area contributed by atoms with E-state index in [0.717, 1.165) is 27.2 Å². The zero-order valence-corrected chi connectivity index (χ0v) is 14.5. The van der Waals surface area contributed by atoms with Crippen LogP contribution >= 0.6 is 34.4 Å². The molecule has 2 aromatic rings. The average molecular weight is 343 g/mol. The van der Waals surface area contributed by atoms with Gasteiger partial charge >= 0.3 is 6.03 Å². The molecule has 0 unspecified atom stereocenters. The van der Waals surface area contributed by atoms with Crippen molar-refractivity contribution in [2.75, 3.05) is 12.3 Å². The van der Waals surface area contributed by atoms with Crippen molar-refractivity contribution < 1.29 is 4.79 Å². The molecule has 5 nitrogen and oxygen atoms in total. The normalized spacial score (nSPS) is 10.6. The van der Waals surface area contributed by atoms with Crippen LogP contribution in [0.15, 0.2) is 15.9 Å². The van der Waals surface area contributed by atoms with Crippen LogP contribution < -0.4 is 10.6 Å². The van der Waals surface area contributed by atoms with Gasteiger partial charge in [0, 0.05) is 28.8 Å². The largest absolute Gasteiger partial charge is 0.338 e. The van der Waals surface area contributed by atoms with Crippen molar-refractivity contribution in [2.45, 2.75) is 31.2 Å². The van der Waals surface area contributed by atoms with Crippen molar-refractivity contribution >= 4 is 40.5 Å². The van der Waals surface area contributed by atoms with Gasteiger partial charge < -0.3 is 10.6 Å². The third kappa shape index (κ3) is 5.64. The number of rotatable bonds is 7. The minimum absolute atomic E-state index is 0.139. The fourth-order valence-corrected chi connectivity index (χ4v) is 4.07. The number of nitrogens with one attached hydrogen (secondary N) is 2. The van der Waals surface area contributed by atoms with Gasteiger partial charge in [-0.3, -0.25) is 0 Å². The third-order valence-electron chi connectivity index (χ3n) is 2.71. The number of aromatic nitrogens is 2. The molecule has 21 heavy (non-hydrogen) atoms. The van der Waals surface area contributed by atoms with Gasteiger partial charge in [0.25, 0.3) is 0 Å².